The van der Waals surface area contributed by atoms with Crippen molar-refractivity contribution >= 4 is 0 Å². The largest absolute Gasteiger partial charge is 0.508 e. The minimum atomic E-state index is 0.393. The van der Waals surface area contributed by atoms with Crippen molar-refractivity contribution in [2.24, 2.45) is 5.92 Å². The fourth-order valence-electron chi connectivity index (χ4n) is 2.84. The molecule has 0 aliphatic carbocycles. The van der Waals surface area contributed by atoms with E-state index in [-0.39, 0.29) is 0 Å². The molecule has 1 unspecified atom stereocenters. The highest BCUT2D eigenvalue weighted by atomic mass is 16.3. The quantitative estimate of drug-likeness (QED) is 0.819. The van der Waals surface area contributed by atoms with Gasteiger partial charge in [0.2, 0.25) is 0 Å². The molecule has 0 saturated carbocycles. The van der Waals surface area contributed by atoms with Crippen molar-refractivity contribution in [3.63, 3.8) is 0 Å². The lowest BCUT2D eigenvalue weighted by atomic mass is 9.79. The van der Waals surface area contributed by atoms with Crippen molar-refractivity contribution in [2.75, 3.05) is 13.1 Å². The van der Waals surface area contributed by atoms with Crippen LogP contribution < -0.4 is 5.32 Å². The van der Waals surface area contributed by atoms with E-state index in [1.807, 2.05) is 12.1 Å². The molecule has 1 aromatic carbocycles. The average Bonchev–Trinajstić information content (AvgIpc) is 2.31. The van der Waals surface area contributed by atoms with E-state index in [2.05, 4.69) is 18.3 Å². The normalized spacial score (nSPS) is 19.6. The summed E-state index contributed by atoms with van der Waals surface area (Å²) in [6, 6.07) is 7.78. The highest BCUT2D eigenvalue weighted by molar-refractivity contribution is 5.30. The van der Waals surface area contributed by atoms with E-state index in [1.54, 1.807) is 6.07 Å². The third-order valence-corrected chi connectivity index (χ3v) is 3.69. The highest BCUT2D eigenvalue weighted by Crippen LogP contribution is 2.34. The van der Waals surface area contributed by atoms with Gasteiger partial charge in [0.25, 0.3) is 0 Å². The first-order chi connectivity index (χ1) is 7.81. The van der Waals surface area contributed by atoms with Gasteiger partial charge >= 0.3 is 0 Å². The minimum absolute atomic E-state index is 0.393. The summed E-state index contributed by atoms with van der Waals surface area (Å²) in [5.41, 5.74) is 1.30. The van der Waals surface area contributed by atoms with E-state index in [4.69, 9.17) is 0 Å². The van der Waals surface area contributed by atoms with E-state index in [9.17, 15) is 5.11 Å². The molecule has 0 spiro atoms. The van der Waals surface area contributed by atoms with E-state index in [0.717, 1.165) is 25.4 Å². The Hall–Kier alpha value is -1.02. The molecule has 1 aliphatic heterocycles. The maximum Gasteiger partial charge on any atom is 0.115 e. The van der Waals surface area contributed by atoms with Crippen molar-refractivity contribution in [1.29, 1.82) is 0 Å². The molecule has 2 heteroatoms. The lowest BCUT2D eigenvalue weighted by Gasteiger charge is -2.30. The Morgan fingerprint density at radius 3 is 2.75 bits per heavy atom. The van der Waals surface area contributed by atoms with Crippen LogP contribution in [0, 0.1) is 5.92 Å². The van der Waals surface area contributed by atoms with Crippen LogP contribution in [0.2, 0.25) is 0 Å². The summed E-state index contributed by atoms with van der Waals surface area (Å²) >= 11 is 0. The van der Waals surface area contributed by atoms with Crippen molar-refractivity contribution < 1.29 is 5.11 Å². The molecule has 1 aliphatic rings. The summed E-state index contributed by atoms with van der Waals surface area (Å²) in [5, 5.41) is 13.0. The second-order valence-electron chi connectivity index (χ2n) is 4.70. The second kappa shape index (κ2) is 5.35. The monoisotopic (exact) mass is 219 g/mol. The van der Waals surface area contributed by atoms with Crippen LogP contribution in [0.5, 0.6) is 5.75 Å². The molecule has 2 nitrogen and oxygen atoms in total. The molecule has 1 heterocycles. The number of hydrogen-bond acceptors (Lipinski definition) is 2. The molecule has 0 amide bonds. The summed E-state index contributed by atoms with van der Waals surface area (Å²) in [5.74, 6) is 1.77. The standard InChI is InChI=1S/C14H21NO/c1-2-14(11-6-8-15-9-7-11)12-4-3-5-13(16)10-12/h3-5,10-11,14-16H,2,6-9H2,1H3. The first-order valence-corrected chi connectivity index (χ1v) is 6.31. The number of aromatic hydroxyl groups is 1. The Bertz CT molecular complexity index is 331. The summed E-state index contributed by atoms with van der Waals surface area (Å²) < 4.78 is 0. The maximum absolute atomic E-state index is 9.54. The van der Waals surface area contributed by atoms with Gasteiger partial charge in [-0.05, 0) is 61.9 Å². The summed E-state index contributed by atoms with van der Waals surface area (Å²) in [6.45, 7) is 4.52. The molecular formula is C14H21NO. The lowest BCUT2D eigenvalue weighted by Crippen LogP contribution is -2.30. The van der Waals surface area contributed by atoms with Crippen LogP contribution in [0.15, 0.2) is 24.3 Å². The Balaban J connectivity index is 2.14. The minimum Gasteiger partial charge on any atom is -0.508 e. The van der Waals surface area contributed by atoms with Crippen molar-refractivity contribution in [3.8, 4) is 5.75 Å². The number of phenols is 1. The van der Waals surface area contributed by atoms with Crippen LogP contribution in [0.3, 0.4) is 0 Å². The van der Waals surface area contributed by atoms with E-state index >= 15 is 0 Å². The number of rotatable bonds is 3. The lowest BCUT2D eigenvalue weighted by molar-refractivity contribution is 0.312. The van der Waals surface area contributed by atoms with Gasteiger partial charge in [-0.3, -0.25) is 0 Å². The highest BCUT2D eigenvalue weighted by Gasteiger charge is 2.23. The van der Waals surface area contributed by atoms with Gasteiger partial charge in [-0.15, -0.1) is 0 Å². The van der Waals surface area contributed by atoms with Crippen LogP contribution in [0.4, 0.5) is 0 Å². The molecule has 2 N–H and O–H groups in total. The van der Waals surface area contributed by atoms with Crippen LogP contribution in [0.25, 0.3) is 0 Å². The summed E-state index contributed by atoms with van der Waals surface area (Å²) in [6.07, 6.45) is 3.68. The molecular weight excluding hydrogens is 198 g/mol. The Morgan fingerprint density at radius 1 is 1.38 bits per heavy atom. The molecule has 2 rings (SSSR count). The van der Waals surface area contributed by atoms with Crippen LogP contribution in [0.1, 0.15) is 37.7 Å². The molecule has 1 atom stereocenters. The molecule has 0 bridgehead atoms. The van der Waals surface area contributed by atoms with Gasteiger partial charge in [0.05, 0.1) is 0 Å². The van der Waals surface area contributed by atoms with E-state index in [1.165, 1.54) is 18.4 Å². The summed E-state index contributed by atoms with van der Waals surface area (Å²) in [4.78, 5) is 0. The van der Waals surface area contributed by atoms with Gasteiger partial charge in [0.1, 0.15) is 5.75 Å². The number of piperidine rings is 1. The number of hydrogen-bond donors (Lipinski definition) is 2. The molecule has 1 aromatic rings. The van der Waals surface area contributed by atoms with E-state index < -0.39 is 0 Å². The van der Waals surface area contributed by atoms with Crippen molar-refractivity contribution in [2.45, 2.75) is 32.1 Å². The van der Waals surface area contributed by atoms with Crippen LogP contribution >= 0.6 is 0 Å². The van der Waals surface area contributed by atoms with Crippen LogP contribution in [-0.2, 0) is 0 Å². The smallest absolute Gasteiger partial charge is 0.115 e. The maximum atomic E-state index is 9.54. The average molecular weight is 219 g/mol. The zero-order valence-electron chi connectivity index (χ0n) is 9.95. The molecule has 0 aromatic heterocycles. The topological polar surface area (TPSA) is 32.3 Å². The Morgan fingerprint density at radius 2 is 2.12 bits per heavy atom. The molecule has 88 valence electrons. The first-order valence-electron chi connectivity index (χ1n) is 6.31. The van der Waals surface area contributed by atoms with Gasteiger partial charge in [0, 0.05) is 0 Å². The van der Waals surface area contributed by atoms with Crippen molar-refractivity contribution in [1.82, 2.24) is 5.32 Å². The third kappa shape index (κ3) is 2.56. The van der Waals surface area contributed by atoms with Gasteiger partial charge in [-0.1, -0.05) is 19.1 Å². The van der Waals surface area contributed by atoms with Gasteiger partial charge in [0.15, 0.2) is 0 Å². The van der Waals surface area contributed by atoms with Gasteiger partial charge in [-0.25, -0.2) is 0 Å². The third-order valence-electron chi connectivity index (χ3n) is 3.69. The Labute approximate surface area is 97.7 Å². The van der Waals surface area contributed by atoms with Gasteiger partial charge < -0.3 is 10.4 Å². The molecule has 0 radical (unpaired) electrons. The molecule has 1 saturated heterocycles. The number of nitrogens with one attached hydrogen (secondary N) is 1. The predicted octanol–water partition coefficient (Wildman–Crippen LogP) is 2.89. The van der Waals surface area contributed by atoms with E-state index in [0.29, 0.717) is 11.7 Å². The molecule has 16 heavy (non-hydrogen) atoms. The number of phenolic OH excluding ortho intramolecular Hbond substituents is 1. The number of benzene rings is 1. The summed E-state index contributed by atoms with van der Waals surface area (Å²) in [7, 11) is 0. The fourth-order valence-corrected chi connectivity index (χ4v) is 2.84. The van der Waals surface area contributed by atoms with Gasteiger partial charge in [-0.2, -0.15) is 0 Å². The van der Waals surface area contributed by atoms with Crippen molar-refractivity contribution in [3.05, 3.63) is 29.8 Å². The SMILES string of the molecule is CCC(c1cccc(O)c1)C1CCNCC1. The van der Waals surface area contributed by atoms with Crippen LogP contribution in [-0.4, -0.2) is 18.2 Å². The molecule has 1 fully saturated rings. The second-order valence-corrected chi connectivity index (χ2v) is 4.70. The Kier molecular flexibility index (Phi) is 3.83. The first kappa shape index (κ1) is 11.5. The fraction of sp³-hybridized carbons (Fsp3) is 0.571. The zero-order valence-corrected chi connectivity index (χ0v) is 9.95. The predicted molar refractivity (Wildman–Crippen MR) is 66.7 cm³/mol. The zero-order chi connectivity index (χ0) is 11.4.